The Morgan fingerprint density at radius 2 is 1.73 bits per heavy atom. The second-order valence-corrected chi connectivity index (χ2v) is 6.08. The summed E-state index contributed by atoms with van der Waals surface area (Å²) < 4.78 is 0. The molecule has 3 rings (SSSR count). The van der Waals surface area contributed by atoms with Crippen LogP contribution in [0.4, 0.5) is 0 Å². The molecule has 2 aliphatic rings. The standard InChI is InChI=1S/C17H20N2O3/c1-11-7-5-6-10-18(11)15(20)12(2)19-16(21)13-8-3-4-9-14(13)17(19)22/h3-4,8-9,11-12H,5-7,10H2,1-2H3. The largest absolute Gasteiger partial charge is 0.338 e. The van der Waals surface area contributed by atoms with Crippen LogP contribution in [0, 0.1) is 0 Å². The van der Waals surface area contributed by atoms with Gasteiger partial charge in [0.05, 0.1) is 11.1 Å². The van der Waals surface area contributed by atoms with E-state index in [2.05, 4.69) is 0 Å². The van der Waals surface area contributed by atoms with Crippen LogP contribution in [0.2, 0.25) is 0 Å². The summed E-state index contributed by atoms with van der Waals surface area (Å²) in [5.74, 6) is -0.876. The molecule has 0 aromatic heterocycles. The van der Waals surface area contributed by atoms with Gasteiger partial charge in [0, 0.05) is 12.6 Å². The van der Waals surface area contributed by atoms with Gasteiger partial charge in [-0.2, -0.15) is 0 Å². The molecule has 2 aliphatic heterocycles. The smallest absolute Gasteiger partial charge is 0.262 e. The molecule has 0 spiro atoms. The number of carbonyl (C=O) groups is 3. The number of benzene rings is 1. The van der Waals surface area contributed by atoms with Crippen LogP contribution in [0.1, 0.15) is 53.8 Å². The summed E-state index contributed by atoms with van der Waals surface area (Å²) in [7, 11) is 0. The van der Waals surface area contributed by atoms with Crippen molar-refractivity contribution in [1.82, 2.24) is 9.80 Å². The van der Waals surface area contributed by atoms with Crippen molar-refractivity contribution in [1.29, 1.82) is 0 Å². The van der Waals surface area contributed by atoms with Crippen molar-refractivity contribution in [2.24, 2.45) is 0 Å². The van der Waals surface area contributed by atoms with Gasteiger partial charge in [-0.3, -0.25) is 19.3 Å². The summed E-state index contributed by atoms with van der Waals surface area (Å²) in [6, 6.07) is 6.14. The lowest BCUT2D eigenvalue weighted by atomic mass is 10.0. The van der Waals surface area contributed by atoms with Crippen LogP contribution < -0.4 is 0 Å². The molecule has 0 radical (unpaired) electrons. The molecule has 5 nitrogen and oxygen atoms in total. The fraction of sp³-hybridized carbons (Fsp3) is 0.471. The van der Waals surface area contributed by atoms with Crippen molar-refractivity contribution >= 4 is 17.7 Å². The summed E-state index contributed by atoms with van der Waals surface area (Å²) >= 11 is 0. The van der Waals surface area contributed by atoms with Crippen LogP contribution in [-0.4, -0.2) is 46.1 Å². The van der Waals surface area contributed by atoms with E-state index in [4.69, 9.17) is 0 Å². The SMILES string of the molecule is CC1CCCCN1C(=O)C(C)N1C(=O)c2ccccc2C1=O. The first-order chi connectivity index (χ1) is 10.5. The Kier molecular flexibility index (Phi) is 3.72. The third-order valence-electron chi connectivity index (χ3n) is 4.66. The number of hydrogen-bond acceptors (Lipinski definition) is 3. The molecule has 0 bridgehead atoms. The maximum atomic E-state index is 12.7. The Morgan fingerprint density at radius 3 is 2.27 bits per heavy atom. The lowest BCUT2D eigenvalue weighted by Crippen LogP contribution is -2.53. The van der Waals surface area contributed by atoms with Gasteiger partial charge in [0.15, 0.2) is 0 Å². The van der Waals surface area contributed by atoms with Gasteiger partial charge in [-0.1, -0.05) is 12.1 Å². The molecular formula is C17H20N2O3. The Morgan fingerprint density at radius 1 is 1.14 bits per heavy atom. The zero-order chi connectivity index (χ0) is 15.9. The topological polar surface area (TPSA) is 57.7 Å². The highest BCUT2D eigenvalue weighted by atomic mass is 16.2. The predicted octanol–water partition coefficient (Wildman–Crippen LogP) is 2.07. The van der Waals surface area contributed by atoms with Gasteiger partial charge in [-0.05, 0) is 45.2 Å². The fourth-order valence-electron chi connectivity index (χ4n) is 3.34. The molecule has 2 heterocycles. The van der Waals surface area contributed by atoms with Crippen LogP contribution >= 0.6 is 0 Å². The zero-order valence-corrected chi connectivity index (χ0v) is 12.9. The number of imide groups is 1. The first-order valence-corrected chi connectivity index (χ1v) is 7.79. The van der Waals surface area contributed by atoms with E-state index in [1.54, 1.807) is 36.1 Å². The Labute approximate surface area is 129 Å². The summed E-state index contributed by atoms with van der Waals surface area (Å²) in [6.45, 7) is 4.37. The Balaban J connectivity index is 1.84. The van der Waals surface area contributed by atoms with Crippen LogP contribution in [-0.2, 0) is 4.79 Å². The van der Waals surface area contributed by atoms with Crippen molar-refractivity contribution in [2.45, 2.75) is 45.2 Å². The Bertz CT molecular complexity index is 606. The minimum absolute atomic E-state index is 0.137. The van der Waals surface area contributed by atoms with Gasteiger partial charge in [0.2, 0.25) is 5.91 Å². The number of carbonyl (C=O) groups excluding carboxylic acids is 3. The lowest BCUT2D eigenvalue weighted by Gasteiger charge is -2.36. The monoisotopic (exact) mass is 300 g/mol. The van der Waals surface area contributed by atoms with Gasteiger partial charge < -0.3 is 4.90 Å². The molecule has 2 atom stereocenters. The molecule has 3 amide bonds. The van der Waals surface area contributed by atoms with Crippen LogP contribution in [0.25, 0.3) is 0 Å². The number of amides is 3. The molecule has 22 heavy (non-hydrogen) atoms. The van der Waals surface area contributed by atoms with E-state index in [0.29, 0.717) is 17.7 Å². The van der Waals surface area contributed by atoms with Crippen molar-refractivity contribution in [3.8, 4) is 0 Å². The molecule has 1 aromatic carbocycles. The summed E-state index contributed by atoms with van der Waals surface area (Å²) in [5, 5.41) is 0. The summed E-state index contributed by atoms with van der Waals surface area (Å²) in [5.41, 5.74) is 0.776. The Hall–Kier alpha value is -2.17. The number of likely N-dealkylation sites (tertiary alicyclic amines) is 1. The maximum absolute atomic E-state index is 12.7. The second-order valence-electron chi connectivity index (χ2n) is 6.08. The van der Waals surface area contributed by atoms with Gasteiger partial charge in [0.25, 0.3) is 11.8 Å². The highest BCUT2D eigenvalue weighted by Crippen LogP contribution is 2.26. The quantitative estimate of drug-likeness (QED) is 0.786. The van der Waals surface area contributed by atoms with Gasteiger partial charge >= 0.3 is 0 Å². The molecule has 1 aromatic rings. The van der Waals surface area contributed by atoms with E-state index in [9.17, 15) is 14.4 Å². The molecular weight excluding hydrogens is 280 g/mol. The number of piperidine rings is 1. The molecule has 2 unspecified atom stereocenters. The fourth-order valence-corrected chi connectivity index (χ4v) is 3.34. The molecule has 5 heteroatoms. The van der Waals surface area contributed by atoms with Crippen LogP contribution in [0.5, 0.6) is 0 Å². The van der Waals surface area contributed by atoms with Crippen molar-refractivity contribution in [3.05, 3.63) is 35.4 Å². The lowest BCUT2D eigenvalue weighted by molar-refractivity contribution is -0.138. The molecule has 1 saturated heterocycles. The molecule has 0 N–H and O–H groups in total. The zero-order valence-electron chi connectivity index (χ0n) is 12.9. The molecule has 1 fully saturated rings. The molecule has 116 valence electrons. The molecule has 0 saturated carbocycles. The van der Waals surface area contributed by atoms with Crippen LogP contribution in [0.15, 0.2) is 24.3 Å². The van der Waals surface area contributed by atoms with E-state index in [-0.39, 0.29) is 23.8 Å². The van der Waals surface area contributed by atoms with E-state index < -0.39 is 6.04 Å². The average molecular weight is 300 g/mol. The average Bonchev–Trinajstić information content (AvgIpc) is 2.78. The van der Waals surface area contributed by atoms with E-state index >= 15 is 0 Å². The van der Waals surface area contributed by atoms with Gasteiger partial charge in [-0.25, -0.2) is 0 Å². The minimum atomic E-state index is -0.757. The predicted molar refractivity (Wildman–Crippen MR) is 81.4 cm³/mol. The first-order valence-electron chi connectivity index (χ1n) is 7.79. The normalized spacial score (nSPS) is 22.7. The third kappa shape index (κ3) is 2.21. The highest BCUT2D eigenvalue weighted by molar-refractivity contribution is 6.22. The third-order valence-corrected chi connectivity index (χ3v) is 4.66. The maximum Gasteiger partial charge on any atom is 0.262 e. The van der Waals surface area contributed by atoms with E-state index in [1.807, 2.05) is 6.92 Å². The van der Waals surface area contributed by atoms with Crippen molar-refractivity contribution in [2.75, 3.05) is 6.54 Å². The summed E-state index contributed by atoms with van der Waals surface area (Å²) in [4.78, 5) is 40.5. The summed E-state index contributed by atoms with van der Waals surface area (Å²) in [6.07, 6.45) is 3.07. The number of fused-ring (bicyclic) bond motifs is 1. The number of nitrogens with zero attached hydrogens (tertiary/aromatic N) is 2. The van der Waals surface area contributed by atoms with Gasteiger partial charge in [-0.15, -0.1) is 0 Å². The second kappa shape index (κ2) is 5.55. The molecule has 0 aliphatic carbocycles. The van der Waals surface area contributed by atoms with Crippen molar-refractivity contribution in [3.63, 3.8) is 0 Å². The van der Waals surface area contributed by atoms with E-state index in [1.165, 1.54) is 0 Å². The number of rotatable bonds is 2. The van der Waals surface area contributed by atoms with Gasteiger partial charge in [0.1, 0.15) is 6.04 Å². The van der Waals surface area contributed by atoms with Crippen molar-refractivity contribution < 1.29 is 14.4 Å². The number of hydrogen-bond donors (Lipinski definition) is 0. The minimum Gasteiger partial charge on any atom is -0.338 e. The first kappa shape index (κ1) is 14.8. The van der Waals surface area contributed by atoms with Crippen LogP contribution in [0.3, 0.4) is 0 Å². The highest BCUT2D eigenvalue weighted by Gasteiger charge is 2.42. The van der Waals surface area contributed by atoms with E-state index in [0.717, 1.165) is 24.2 Å².